The summed E-state index contributed by atoms with van der Waals surface area (Å²) in [5.41, 5.74) is 0.973. The predicted molar refractivity (Wildman–Crippen MR) is 113 cm³/mol. The van der Waals surface area contributed by atoms with Crippen LogP contribution in [0, 0.1) is 5.41 Å². The number of benzene rings is 1. The molecule has 0 saturated carbocycles. The standard InChI is InChI=1S/C21H26N2OS2/c1-21(15-17-9-4-2-5-10-17,20(25)23-12-6-3-7-13-23)16-22-19(24)18-11-8-14-26-18/h2,4-5,8-11,14H,3,6-7,12-13,15-16H2,1H3,(H,22,24)/t21-/m0/s1. The summed E-state index contributed by atoms with van der Waals surface area (Å²) in [5, 5.41) is 5.05. The minimum absolute atomic E-state index is 0.0132. The molecule has 1 amide bonds. The zero-order valence-electron chi connectivity index (χ0n) is 15.2. The summed E-state index contributed by atoms with van der Waals surface area (Å²) in [5.74, 6) is -0.0132. The molecule has 5 heteroatoms. The van der Waals surface area contributed by atoms with Gasteiger partial charge in [-0.2, -0.15) is 0 Å². The summed E-state index contributed by atoms with van der Waals surface area (Å²) >= 11 is 7.40. The molecule has 0 spiro atoms. The zero-order chi connectivity index (χ0) is 18.4. The molecule has 1 atom stereocenters. The van der Waals surface area contributed by atoms with Gasteiger partial charge in [-0.1, -0.05) is 55.5 Å². The summed E-state index contributed by atoms with van der Waals surface area (Å²) < 4.78 is 0. The Labute approximate surface area is 165 Å². The van der Waals surface area contributed by atoms with Gasteiger partial charge in [0.1, 0.15) is 0 Å². The number of likely N-dealkylation sites (tertiary alicyclic amines) is 1. The van der Waals surface area contributed by atoms with Gasteiger partial charge in [0.25, 0.3) is 5.91 Å². The van der Waals surface area contributed by atoms with E-state index in [1.165, 1.54) is 36.2 Å². The summed E-state index contributed by atoms with van der Waals surface area (Å²) in [7, 11) is 0. The Morgan fingerprint density at radius 2 is 1.88 bits per heavy atom. The number of hydrogen-bond acceptors (Lipinski definition) is 3. The van der Waals surface area contributed by atoms with Gasteiger partial charge in [-0.25, -0.2) is 0 Å². The van der Waals surface area contributed by atoms with Crippen molar-refractivity contribution in [2.24, 2.45) is 5.41 Å². The minimum Gasteiger partial charge on any atom is -0.366 e. The number of thiophene rings is 1. The molecule has 1 aliphatic heterocycles. The maximum atomic E-state index is 12.4. The van der Waals surface area contributed by atoms with E-state index in [0.29, 0.717) is 6.54 Å². The van der Waals surface area contributed by atoms with Gasteiger partial charge in [0.2, 0.25) is 0 Å². The molecular weight excluding hydrogens is 360 g/mol. The number of hydrogen-bond donors (Lipinski definition) is 1. The van der Waals surface area contributed by atoms with Crippen LogP contribution in [0.2, 0.25) is 0 Å². The second-order valence-electron chi connectivity index (χ2n) is 7.24. The van der Waals surface area contributed by atoms with Crippen LogP contribution in [0.4, 0.5) is 0 Å². The van der Waals surface area contributed by atoms with Gasteiger partial charge in [0.15, 0.2) is 0 Å². The number of thiocarbonyl (C=S) groups is 1. The normalized spacial score (nSPS) is 16.7. The van der Waals surface area contributed by atoms with Crippen molar-refractivity contribution in [3.8, 4) is 0 Å². The molecule has 138 valence electrons. The second-order valence-corrected chi connectivity index (χ2v) is 8.57. The van der Waals surface area contributed by atoms with Crippen LogP contribution in [-0.4, -0.2) is 35.4 Å². The van der Waals surface area contributed by atoms with Crippen molar-refractivity contribution >= 4 is 34.5 Å². The third kappa shape index (κ3) is 4.71. The first-order valence-corrected chi connectivity index (χ1v) is 10.5. The molecule has 26 heavy (non-hydrogen) atoms. The Morgan fingerprint density at radius 1 is 1.15 bits per heavy atom. The van der Waals surface area contributed by atoms with Crippen LogP contribution < -0.4 is 5.32 Å². The molecule has 1 aliphatic rings. The molecule has 0 radical (unpaired) electrons. The van der Waals surface area contributed by atoms with E-state index >= 15 is 0 Å². The number of carbonyl (C=O) groups excluding carboxylic acids is 1. The quantitative estimate of drug-likeness (QED) is 0.740. The van der Waals surface area contributed by atoms with Crippen molar-refractivity contribution in [1.29, 1.82) is 0 Å². The molecule has 3 rings (SSSR count). The summed E-state index contributed by atoms with van der Waals surface area (Å²) in [4.78, 5) is 16.5. The van der Waals surface area contributed by atoms with E-state index in [4.69, 9.17) is 12.2 Å². The number of carbonyl (C=O) groups is 1. The van der Waals surface area contributed by atoms with Crippen LogP contribution in [-0.2, 0) is 6.42 Å². The molecular formula is C21H26N2OS2. The molecule has 1 aromatic heterocycles. The smallest absolute Gasteiger partial charge is 0.261 e. The van der Waals surface area contributed by atoms with Gasteiger partial charge in [0, 0.05) is 25.0 Å². The Balaban J connectivity index is 1.75. The van der Waals surface area contributed by atoms with Crippen LogP contribution in [0.15, 0.2) is 47.8 Å². The summed E-state index contributed by atoms with van der Waals surface area (Å²) in [6.45, 7) is 4.80. The topological polar surface area (TPSA) is 32.3 Å². The largest absolute Gasteiger partial charge is 0.366 e. The van der Waals surface area contributed by atoms with E-state index in [1.54, 1.807) is 0 Å². The highest BCUT2D eigenvalue weighted by Gasteiger charge is 2.34. The highest BCUT2D eigenvalue weighted by Crippen LogP contribution is 2.28. The van der Waals surface area contributed by atoms with E-state index in [2.05, 4.69) is 41.4 Å². The van der Waals surface area contributed by atoms with Crippen molar-refractivity contribution in [3.05, 3.63) is 58.3 Å². The molecule has 1 fully saturated rings. The van der Waals surface area contributed by atoms with Gasteiger partial charge in [0.05, 0.1) is 9.87 Å². The van der Waals surface area contributed by atoms with Crippen LogP contribution in [0.5, 0.6) is 0 Å². The van der Waals surface area contributed by atoms with E-state index < -0.39 is 0 Å². The maximum Gasteiger partial charge on any atom is 0.261 e. The lowest BCUT2D eigenvalue weighted by molar-refractivity contribution is 0.0946. The first-order valence-electron chi connectivity index (χ1n) is 9.23. The molecule has 0 unspecified atom stereocenters. The number of rotatable bonds is 6. The van der Waals surface area contributed by atoms with Crippen LogP contribution in [0.3, 0.4) is 0 Å². The second kappa shape index (κ2) is 8.78. The molecule has 1 aromatic carbocycles. The van der Waals surface area contributed by atoms with Crippen molar-refractivity contribution in [3.63, 3.8) is 0 Å². The van der Waals surface area contributed by atoms with Crippen molar-refractivity contribution < 1.29 is 4.79 Å². The fourth-order valence-corrected chi connectivity index (χ4v) is 4.48. The molecule has 3 nitrogen and oxygen atoms in total. The Morgan fingerprint density at radius 3 is 2.54 bits per heavy atom. The minimum atomic E-state index is -0.277. The SMILES string of the molecule is C[C@@](CNC(=O)c1cccs1)(Cc1ccccc1)C(=S)N1CCCCC1. The molecule has 2 heterocycles. The van der Waals surface area contributed by atoms with Gasteiger partial charge < -0.3 is 10.2 Å². The number of nitrogens with one attached hydrogen (secondary N) is 1. The lowest BCUT2D eigenvalue weighted by Crippen LogP contribution is -2.50. The fraction of sp³-hybridized carbons (Fsp3) is 0.429. The molecule has 2 aromatic rings. The van der Waals surface area contributed by atoms with Crippen LogP contribution in [0.1, 0.15) is 41.4 Å². The predicted octanol–water partition coefficient (Wildman–Crippen LogP) is 4.54. The van der Waals surface area contributed by atoms with Crippen molar-refractivity contribution in [1.82, 2.24) is 10.2 Å². The lowest BCUT2D eigenvalue weighted by Gasteiger charge is -2.39. The first-order chi connectivity index (χ1) is 12.6. The molecule has 0 aliphatic carbocycles. The van der Waals surface area contributed by atoms with E-state index in [1.807, 2.05) is 23.6 Å². The highest BCUT2D eigenvalue weighted by atomic mass is 32.1. The van der Waals surface area contributed by atoms with Crippen molar-refractivity contribution in [2.75, 3.05) is 19.6 Å². The van der Waals surface area contributed by atoms with E-state index in [0.717, 1.165) is 29.4 Å². The van der Waals surface area contributed by atoms with E-state index in [-0.39, 0.29) is 11.3 Å². The third-order valence-electron chi connectivity index (χ3n) is 4.98. The number of piperidine rings is 1. The van der Waals surface area contributed by atoms with E-state index in [9.17, 15) is 4.79 Å². The third-order valence-corrected chi connectivity index (χ3v) is 6.60. The maximum absolute atomic E-state index is 12.4. The molecule has 1 N–H and O–H groups in total. The highest BCUT2D eigenvalue weighted by molar-refractivity contribution is 7.80. The van der Waals surface area contributed by atoms with Crippen LogP contribution >= 0.6 is 23.6 Å². The fourth-order valence-electron chi connectivity index (χ4n) is 3.51. The Kier molecular flexibility index (Phi) is 6.43. The van der Waals surface area contributed by atoms with Crippen LogP contribution in [0.25, 0.3) is 0 Å². The zero-order valence-corrected chi connectivity index (χ0v) is 16.9. The average Bonchev–Trinajstić information content (AvgIpc) is 3.22. The van der Waals surface area contributed by atoms with Gasteiger partial charge in [-0.15, -0.1) is 11.3 Å². The Bertz CT molecular complexity index is 724. The molecule has 1 saturated heterocycles. The monoisotopic (exact) mass is 386 g/mol. The van der Waals surface area contributed by atoms with Crippen molar-refractivity contribution in [2.45, 2.75) is 32.6 Å². The molecule has 0 bridgehead atoms. The first kappa shape index (κ1) is 19.1. The number of amides is 1. The number of nitrogens with zero attached hydrogens (tertiary/aromatic N) is 1. The van der Waals surface area contributed by atoms with Gasteiger partial charge >= 0.3 is 0 Å². The van der Waals surface area contributed by atoms with Gasteiger partial charge in [-0.3, -0.25) is 4.79 Å². The lowest BCUT2D eigenvalue weighted by atomic mass is 9.82. The van der Waals surface area contributed by atoms with Gasteiger partial charge in [-0.05, 0) is 42.7 Å². The summed E-state index contributed by atoms with van der Waals surface area (Å²) in [6, 6.07) is 14.2. The Hall–Kier alpha value is -1.72. The average molecular weight is 387 g/mol. The summed E-state index contributed by atoms with van der Waals surface area (Å²) in [6.07, 6.45) is 4.50.